The Bertz CT molecular complexity index is 812. The number of likely N-dealkylation sites (tertiary alicyclic amines) is 1. The van der Waals surface area contributed by atoms with E-state index in [9.17, 15) is 9.59 Å². The number of amides is 1. The zero-order valence-electron chi connectivity index (χ0n) is 17.7. The molecule has 1 saturated heterocycles. The van der Waals surface area contributed by atoms with Crippen LogP contribution in [0.25, 0.3) is 0 Å². The lowest BCUT2D eigenvalue weighted by molar-refractivity contribution is -0.144. The molecule has 0 N–H and O–H groups in total. The summed E-state index contributed by atoms with van der Waals surface area (Å²) in [6, 6.07) is 19.6. The molecule has 1 heterocycles. The molecule has 0 bridgehead atoms. The topological polar surface area (TPSA) is 59.1 Å². The quantitative estimate of drug-likeness (QED) is 0.619. The molecule has 0 saturated carbocycles. The highest BCUT2D eigenvalue weighted by molar-refractivity contribution is 5.73. The van der Waals surface area contributed by atoms with E-state index in [0.717, 1.165) is 18.5 Å². The number of carbonyl (C=O) groups is 2. The molecular formula is C24H30N2O4. The summed E-state index contributed by atoms with van der Waals surface area (Å²) in [4.78, 5) is 29.0. The lowest BCUT2D eigenvalue weighted by atomic mass is 10.0. The average molecular weight is 411 g/mol. The van der Waals surface area contributed by atoms with Crippen LogP contribution in [0.3, 0.4) is 0 Å². The van der Waals surface area contributed by atoms with Gasteiger partial charge in [0.25, 0.3) is 0 Å². The van der Waals surface area contributed by atoms with Crippen molar-refractivity contribution in [3.05, 3.63) is 71.8 Å². The molecule has 6 heteroatoms. The highest BCUT2D eigenvalue weighted by atomic mass is 16.6. The molecule has 160 valence electrons. The summed E-state index contributed by atoms with van der Waals surface area (Å²) in [6.07, 6.45) is 0.565. The Balaban J connectivity index is 1.68. The van der Waals surface area contributed by atoms with Gasteiger partial charge in [-0.05, 0) is 31.5 Å². The SMILES string of the molecule is CCOC(=O)C[C@@H]1[C@@H](N(C)Cc2ccccc2)CCN1C(=O)OCc1ccccc1. The van der Waals surface area contributed by atoms with Crippen LogP contribution in [0.5, 0.6) is 0 Å². The van der Waals surface area contributed by atoms with Gasteiger partial charge in [0.05, 0.1) is 19.1 Å². The third kappa shape index (κ3) is 5.83. The molecule has 1 fully saturated rings. The lowest BCUT2D eigenvalue weighted by Gasteiger charge is -2.32. The molecule has 2 aromatic rings. The van der Waals surface area contributed by atoms with Gasteiger partial charge in [-0.25, -0.2) is 4.79 Å². The molecule has 1 amide bonds. The van der Waals surface area contributed by atoms with Crippen molar-refractivity contribution in [2.75, 3.05) is 20.2 Å². The van der Waals surface area contributed by atoms with Gasteiger partial charge < -0.3 is 14.4 Å². The summed E-state index contributed by atoms with van der Waals surface area (Å²) in [5, 5.41) is 0. The highest BCUT2D eigenvalue weighted by Crippen LogP contribution is 2.27. The Morgan fingerprint density at radius 2 is 1.63 bits per heavy atom. The first kappa shape index (κ1) is 21.8. The maximum Gasteiger partial charge on any atom is 0.410 e. The molecule has 3 rings (SSSR count). The number of carbonyl (C=O) groups excluding carboxylic acids is 2. The van der Waals surface area contributed by atoms with Gasteiger partial charge >= 0.3 is 12.1 Å². The molecule has 2 aromatic carbocycles. The molecular weight excluding hydrogens is 380 g/mol. The number of ether oxygens (including phenoxy) is 2. The van der Waals surface area contributed by atoms with Gasteiger partial charge in [-0.2, -0.15) is 0 Å². The summed E-state index contributed by atoms with van der Waals surface area (Å²) in [5.74, 6) is -0.289. The monoisotopic (exact) mass is 410 g/mol. The van der Waals surface area contributed by atoms with E-state index in [4.69, 9.17) is 9.47 Å². The first-order chi connectivity index (χ1) is 14.6. The standard InChI is InChI=1S/C24H30N2O4/c1-3-29-23(27)16-22-21(25(2)17-19-10-6-4-7-11-19)14-15-26(22)24(28)30-18-20-12-8-5-9-13-20/h4-13,21-22H,3,14-18H2,1-2H3/t21-,22+/m0/s1. The summed E-state index contributed by atoms with van der Waals surface area (Å²) >= 11 is 0. The van der Waals surface area contributed by atoms with E-state index in [2.05, 4.69) is 17.0 Å². The van der Waals surface area contributed by atoms with Crippen molar-refractivity contribution in [3.8, 4) is 0 Å². The minimum Gasteiger partial charge on any atom is -0.466 e. The van der Waals surface area contributed by atoms with Gasteiger partial charge in [0.2, 0.25) is 0 Å². The second kappa shape index (κ2) is 10.8. The molecule has 1 aliphatic rings. The minimum atomic E-state index is -0.385. The van der Waals surface area contributed by atoms with E-state index in [1.165, 1.54) is 5.56 Å². The van der Waals surface area contributed by atoms with Gasteiger partial charge in [0, 0.05) is 19.1 Å². The third-order valence-corrected chi connectivity index (χ3v) is 5.47. The molecule has 0 unspecified atom stereocenters. The molecule has 6 nitrogen and oxygen atoms in total. The number of esters is 1. The maximum absolute atomic E-state index is 12.8. The molecule has 30 heavy (non-hydrogen) atoms. The minimum absolute atomic E-state index is 0.0545. The first-order valence-electron chi connectivity index (χ1n) is 10.5. The fraction of sp³-hybridized carbons (Fsp3) is 0.417. The smallest absolute Gasteiger partial charge is 0.410 e. The second-order valence-corrected chi connectivity index (χ2v) is 7.57. The van der Waals surface area contributed by atoms with Crippen LogP contribution in [0.15, 0.2) is 60.7 Å². The Labute approximate surface area is 178 Å². The zero-order valence-corrected chi connectivity index (χ0v) is 17.7. The van der Waals surface area contributed by atoms with Gasteiger partial charge in [0.1, 0.15) is 6.61 Å². The molecule has 0 aromatic heterocycles. The van der Waals surface area contributed by atoms with E-state index in [0.29, 0.717) is 13.2 Å². The fourth-order valence-electron chi connectivity index (χ4n) is 4.01. The van der Waals surface area contributed by atoms with Gasteiger partial charge in [-0.15, -0.1) is 0 Å². The zero-order chi connectivity index (χ0) is 21.3. The normalized spacial score (nSPS) is 18.4. The van der Waals surface area contributed by atoms with E-state index in [-0.39, 0.29) is 37.2 Å². The van der Waals surface area contributed by atoms with Crippen molar-refractivity contribution < 1.29 is 19.1 Å². The number of benzene rings is 2. The van der Waals surface area contributed by atoms with Crippen LogP contribution < -0.4 is 0 Å². The Kier molecular flexibility index (Phi) is 7.85. The number of hydrogen-bond acceptors (Lipinski definition) is 5. The van der Waals surface area contributed by atoms with Gasteiger partial charge in [-0.1, -0.05) is 60.7 Å². The van der Waals surface area contributed by atoms with Crippen LogP contribution in [-0.2, 0) is 27.4 Å². The number of nitrogens with zero attached hydrogens (tertiary/aromatic N) is 2. The summed E-state index contributed by atoms with van der Waals surface area (Å²) < 4.78 is 10.7. The fourth-order valence-corrected chi connectivity index (χ4v) is 4.01. The predicted molar refractivity (Wildman–Crippen MR) is 115 cm³/mol. The average Bonchev–Trinajstić information content (AvgIpc) is 3.17. The Hall–Kier alpha value is -2.86. The van der Waals surface area contributed by atoms with Crippen molar-refractivity contribution >= 4 is 12.1 Å². The Morgan fingerprint density at radius 1 is 1.00 bits per heavy atom. The lowest BCUT2D eigenvalue weighted by Crippen LogP contribution is -2.46. The van der Waals surface area contributed by atoms with Crippen molar-refractivity contribution in [1.82, 2.24) is 9.80 Å². The molecule has 0 spiro atoms. The molecule has 2 atom stereocenters. The van der Waals surface area contributed by atoms with Crippen molar-refractivity contribution in [2.24, 2.45) is 0 Å². The number of likely N-dealkylation sites (N-methyl/N-ethyl adjacent to an activating group) is 1. The predicted octanol–water partition coefficient (Wildman–Crippen LogP) is 3.85. The largest absolute Gasteiger partial charge is 0.466 e. The summed E-state index contributed by atoms with van der Waals surface area (Å²) in [5.41, 5.74) is 2.13. The van der Waals surface area contributed by atoms with E-state index >= 15 is 0 Å². The first-order valence-corrected chi connectivity index (χ1v) is 10.5. The van der Waals surface area contributed by atoms with Crippen LogP contribution in [0, 0.1) is 0 Å². The van der Waals surface area contributed by atoms with Crippen molar-refractivity contribution in [3.63, 3.8) is 0 Å². The van der Waals surface area contributed by atoms with Gasteiger partial charge in [-0.3, -0.25) is 9.69 Å². The van der Waals surface area contributed by atoms with Crippen molar-refractivity contribution in [1.29, 1.82) is 0 Å². The number of hydrogen-bond donors (Lipinski definition) is 0. The van der Waals surface area contributed by atoms with Gasteiger partial charge in [0.15, 0.2) is 0 Å². The second-order valence-electron chi connectivity index (χ2n) is 7.57. The Morgan fingerprint density at radius 3 is 2.27 bits per heavy atom. The molecule has 0 aliphatic carbocycles. The van der Waals surface area contributed by atoms with Crippen LogP contribution in [0.2, 0.25) is 0 Å². The third-order valence-electron chi connectivity index (χ3n) is 5.47. The summed E-state index contributed by atoms with van der Waals surface area (Å²) in [7, 11) is 2.04. The maximum atomic E-state index is 12.8. The van der Waals surface area contributed by atoms with Crippen molar-refractivity contribution in [2.45, 2.75) is 45.0 Å². The van der Waals surface area contributed by atoms with Crippen LogP contribution in [-0.4, -0.2) is 54.1 Å². The van der Waals surface area contributed by atoms with E-state index in [1.54, 1.807) is 11.8 Å². The number of rotatable bonds is 8. The van der Waals surface area contributed by atoms with E-state index < -0.39 is 0 Å². The van der Waals surface area contributed by atoms with Crippen LogP contribution in [0.1, 0.15) is 30.9 Å². The molecule has 0 radical (unpaired) electrons. The van der Waals surface area contributed by atoms with Crippen LogP contribution in [0.4, 0.5) is 4.79 Å². The van der Waals surface area contributed by atoms with E-state index in [1.807, 2.05) is 55.6 Å². The molecule has 1 aliphatic heterocycles. The highest BCUT2D eigenvalue weighted by Gasteiger charge is 2.41. The van der Waals surface area contributed by atoms with Crippen LogP contribution >= 0.6 is 0 Å². The summed E-state index contributed by atoms with van der Waals surface area (Å²) in [6.45, 7) is 3.64.